The first-order chi connectivity index (χ1) is 13.0. The lowest BCUT2D eigenvalue weighted by Gasteiger charge is -2.17. The Bertz CT molecular complexity index is 1040. The van der Waals surface area contributed by atoms with Gasteiger partial charge in [-0.2, -0.15) is 10.4 Å². The first kappa shape index (κ1) is 18.1. The maximum atomic E-state index is 9.63. The average molecular weight is 365 g/mol. The minimum absolute atomic E-state index is 0.130. The van der Waals surface area contributed by atoms with E-state index in [1.54, 1.807) is 36.2 Å². The normalized spacial score (nSPS) is 10.3. The SMILES string of the molecule is COc1ccc(-c2cc(-c3cnn(C)c3)nc(N)c2C#N)c(OC)c1OC. The molecule has 2 aromatic heterocycles. The number of ether oxygens (including phenoxy) is 3. The Labute approximate surface area is 156 Å². The summed E-state index contributed by atoms with van der Waals surface area (Å²) in [5.41, 5.74) is 8.95. The van der Waals surface area contributed by atoms with Crippen LogP contribution in [0.1, 0.15) is 5.56 Å². The van der Waals surface area contributed by atoms with Gasteiger partial charge in [0.25, 0.3) is 0 Å². The third-order valence-electron chi connectivity index (χ3n) is 4.15. The van der Waals surface area contributed by atoms with Crippen LogP contribution in [0.25, 0.3) is 22.4 Å². The fourth-order valence-corrected chi connectivity index (χ4v) is 2.91. The van der Waals surface area contributed by atoms with Gasteiger partial charge >= 0.3 is 0 Å². The van der Waals surface area contributed by atoms with Gasteiger partial charge in [0.05, 0.1) is 33.2 Å². The maximum absolute atomic E-state index is 9.63. The second-order valence-corrected chi connectivity index (χ2v) is 5.71. The van der Waals surface area contributed by atoms with Crippen LogP contribution in [0.2, 0.25) is 0 Å². The Morgan fingerprint density at radius 1 is 1.07 bits per heavy atom. The van der Waals surface area contributed by atoms with Crippen LogP contribution in [-0.2, 0) is 7.05 Å². The zero-order chi connectivity index (χ0) is 19.6. The van der Waals surface area contributed by atoms with Crippen molar-refractivity contribution < 1.29 is 14.2 Å². The summed E-state index contributed by atoms with van der Waals surface area (Å²) in [6.07, 6.45) is 3.51. The minimum Gasteiger partial charge on any atom is -0.493 e. The van der Waals surface area contributed by atoms with Gasteiger partial charge in [-0.05, 0) is 18.2 Å². The number of aryl methyl sites for hydroxylation is 1. The molecular formula is C19H19N5O3. The van der Waals surface area contributed by atoms with Crippen LogP contribution in [-0.4, -0.2) is 36.1 Å². The van der Waals surface area contributed by atoms with E-state index < -0.39 is 0 Å². The molecule has 0 unspecified atom stereocenters. The van der Waals surface area contributed by atoms with Crippen molar-refractivity contribution in [1.82, 2.24) is 14.8 Å². The number of anilines is 1. The molecule has 0 aliphatic carbocycles. The van der Waals surface area contributed by atoms with E-state index in [1.165, 1.54) is 14.2 Å². The highest BCUT2D eigenvalue weighted by Gasteiger charge is 2.21. The zero-order valence-corrected chi connectivity index (χ0v) is 15.5. The highest BCUT2D eigenvalue weighted by Crippen LogP contribution is 2.46. The molecule has 0 saturated heterocycles. The fraction of sp³-hybridized carbons (Fsp3) is 0.211. The Kier molecular flexibility index (Phi) is 4.86. The number of nitrogens with two attached hydrogens (primary N) is 1. The fourth-order valence-electron chi connectivity index (χ4n) is 2.91. The summed E-state index contributed by atoms with van der Waals surface area (Å²) in [5, 5.41) is 13.8. The molecule has 0 aliphatic heterocycles. The summed E-state index contributed by atoms with van der Waals surface area (Å²) in [5.74, 6) is 1.52. The summed E-state index contributed by atoms with van der Waals surface area (Å²) in [7, 11) is 6.41. The van der Waals surface area contributed by atoms with E-state index in [1.807, 2.05) is 13.2 Å². The van der Waals surface area contributed by atoms with Crippen LogP contribution < -0.4 is 19.9 Å². The van der Waals surface area contributed by atoms with Crippen molar-refractivity contribution in [2.24, 2.45) is 7.05 Å². The van der Waals surface area contributed by atoms with Gasteiger partial charge in [0.1, 0.15) is 17.5 Å². The lowest BCUT2D eigenvalue weighted by atomic mass is 9.97. The van der Waals surface area contributed by atoms with Gasteiger partial charge in [-0.15, -0.1) is 0 Å². The number of pyridine rings is 1. The van der Waals surface area contributed by atoms with Crippen LogP contribution in [0.5, 0.6) is 17.2 Å². The monoisotopic (exact) mass is 365 g/mol. The van der Waals surface area contributed by atoms with Gasteiger partial charge in [-0.1, -0.05) is 0 Å². The van der Waals surface area contributed by atoms with E-state index in [9.17, 15) is 5.26 Å². The van der Waals surface area contributed by atoms with Crippen molar-refractivity contribution in [3.05, 3.63) is 36.2 Å². The molecule has 0 fully saturated rings. The maximum Gasteiger partial charge on any atom is 0.203 e. The lowest BCUT2D eigenvalue weighted by Crippen LogP contribution is -2.02. The molecule has 2 N–H and O–H groups in total. The molecule has 8 nitrogen and oxygen atoms in total. The molecule has 2 heterocycles. The lowest BCUT2D eigenvalue weighted by molar-refractivity contribution is 0.325. The number of hydrogen-bond acceptors (Lipinski definition) is 7. The molecule has 0 amide bonds. The summed E-state index contributed by atoms with van der Waals surface area (Å²) in [4.78, 5) is 4.35. The van der Waals surface area contributed by atoms with Crippen molar-refractivity contribution in [3.63, 3.8) is 0 Å². The predicted octanol–water partition coefficient (Wildman–Crippen LogP) is 2.63. The number of rotatable bonds is 5. The van der Waals surface area contributed by atoms with Gasteiger partial charge in [0.15, 0.2) is 11.5 Å². The van der Waals surface area contributed by atoms with E-state index in [0.717, 1.165) is 5.56 Å². The van der Waals surface area contributed by atoms with Gasteiger partial charge in [0.2, 0.25) is 5.75 Å². The van der Waals surface area contributed by atoms with Crippen LogP contribution in [0, 0.1) is 11.3 Å². The molecular weight excluding hydrogens is 346 g/mol. The van der Waals surface area contributed by atoms with Crippen LogP contribution in [0.4, 0.5) is 5.82 Å². The summed E-state index contributed by atoms with van der Waals surface area (Å²) in [6, 6.07) is 7.46. The van der Waals surface area contributed by atoms with Crippen molar-refractivity contribution in [1.29, 1.82) is 5.26 Å². The molecule has 0 aliphatic rings. The number of aromatic nitrogens is 3. The highest BCUT2D eigenvalue weighted by atomic mass is 16.5. The molecule has 0 bridgehead atoms. The Balaban J connectivity index is 2.31. The van der Waals surface area contributed by atoms with E-state index >= 15 is 0 Å². The van der Waals surface area contributed by atoms with Crippen LogP contribution in [0.15, 0.2) is 30.6 Å². The number of hydrogen-bond donors (Lipinski definition) is 1. The van der Waals surface area contributed by atoms with Gasteiger partial charge < -0.3 is 19.9 Å². The summed E-state index contributed by atoms with van der Waals surface area (Å²) < 4.78 is 18.0. The first-order valence-corrected chi connectivity index (χ1v) is 8.03. The van der Waals surface area contributed by atoms with Gasteiger partial charge in [-0.25, -0.2) is 4.98 Å². The number of nitriles is 1. The van der Waals surface area contributed by atoms with E-state index in [-0.39, 0.29) is 11.4 Å². The number of nitrogens with zero attached hydrogens (tertiary/aromatic N) is 4. The largest absolute Gasteiger partial charge is 0.493 e. The van der Waals surface area contributed by atoms with Crippen LogP contribution in [0.3, 0.4) is 0 Å². The number of nitrogen functional groups attached to an aromatic ring is 1. The molecule has 1 aromatic carbocycles. The van der Waals surface area contributed by atoms with E-state index in [4.69, 9.17) is 19.9 Å². The molecule has 0 radical (unpaired) electrons. The van der Waals surface area contributed by atoms with Crippen LogP contribution >= 0.6 is 0 Å². The molecule has 27 heavy (non-hydrogen) atoms. The summed E-state index contributed by atoms with van der Waals surface area (Å²) in [6.45, 7) is 0. The second kappa shape index (κ2) is 7.25. The summed E-state index contributed by atoms with van der Waals surface area (Å²) >= 11 is 0. The van der Waals surface area contributed by atoms with Crippen molar-refractivity contribution in [3.8, 4) is 45.7 Å². The van der Waals surface area contributed by atoms with Crippen molar-refractivity contribution >= 4 is 5.82 Å². The molecule has 0 saturated carbocycles. The third-order valence-corrected chi connectivity index (χ3v) is 4.15. The second-order valence-electron chi connectivity index (χ2n) is 5.71. The van der Waals surface area contributed by atoms with Crippen molar-refractivity contribution in [2.45, 2.75) is 0 Å². The zero-order valence-electron chi connectivity index (χ0n) is 15.5. The highest BCUT2D eigenvalue weighted by molar-refractivity contribution is 5.85. The Hall–Kier alpha value is -3.73. The predicted molar refractivity (Wildman–Crippen MR) is 101 cm³/mol. The Morgan fingerprint density at radius 3 is 2.37 bits per heavy atom. The smallest absolute Gasteiger partial charge is 0.203 e. The number of methoxy groups -OCH3 is 3. The molecule has 138 valence electrons. The van der Waals surface area contributed by atoms with E-state index in [0.29, 0.717) is 34.1 Å². The van der Waals surface area contributed by atoms with Gasteiger partial charge in [0, 0.05) is 29.9 Å². The molecule has 3 rings (SSSR count). The topological polar surface area (TPSA) is 108 Å². The van der Waals surface area contributed by atoms with E-state index in [2.05, 4.69) is 16.2 Å². The number of benzene rings is 1. The minimum atomic E-state index is 0.130. The van der Waals surface area contributed by atoms with Crippen molar-refractivity contribution in [2.75, 3.05) is 27.1 Å². The first-order valence-electron chi connectivity index (χ1n) is 8.03. The quantitative estimate of drug-likeness (QED) is 0.740. The molecule has 8 heteroatoms. The molecule has 3 aromatic rings. The standard InChI is InChI=1S/C19H19N5O3/c1-24-10-11(9-22-24)15-7-13(14(8-20)19(21)23-15)12-5-6-16(25-2)18(27-4)17(12)26-3/h5-7,9-10H,1-4H3,(H2,21,23). The average Bonchev–Trinajstić information content (AvgIpc) is 3.12. The van der Waals surface area contributed by atoms with Gasteiger partial charge in [-0.3, -0.25) is 4.68 Å². The molecule has 0 spiro atoms. The Morgan fingerprint density at radius 2 is 1.81 bits per heavy atom. The third kappa shape index (κ3) is 3.11. The molecule has 0 atom stereocenters.